The van der Waals surface area contributed by atoms with Gasteiger partial charge in [-0.2, -0.15) is 0 Å². The predicted molar refractivity (Wildman–Crippen MR) is 98.5 cm³/mol. The summed E-state index contributed by atoms with van der Waals surface area (Å²) in [7, 11) is 3.12. The van der Waals surface area contributed by atoms with Crippen LogP contribution >= 0.6 is 0 Å². The van der Waals surface area contributed by atoms with Crippen LogP contribution < -0.4 is 16.1 Å². The number of imidazole rings is 1. The van der Waals surface area contributed by atoms with Crippen molar-refractivity contribution < 1.29 is 4.74 Å². The molecule has 1 aromatic carbocycles. The normalized spacial score (nSPS) is 14.5. The molecule has 26 heavy (non-hydrogen) atoms. The van der Waals surface area contributed by atoms with E-state index in [2.05, 4.69) is 22.0 Å². The van der Waals surface area contributed by atoms with Crippen molar-refractivity contribution in [3.8, 4) is 0 Å². The number of para-hydroxylation sites is 1. The van der Waals surface area contributed by atoms with E-state index >= 15 is 0 Å². The Morgan fingerprint density at radius 1 is 1.12 bits per heavy atom. The van der Waals surface area contributed by atoms with Crippen LogP contribution in [0, 0.1) is 0 Å². The molecule has 0 amide bonds. The van der Waals surface area contributed by atoms with Crippen molar-refractivity contribution in [2.45, 2.75) is 13.2 Å². The topological polar surface area (TPSA) is 74.3 Å². The number of anilines is 1. The second-order valence-electron chi connectivity index (χ2n) is 6.48. The standard InChI is InChI=1S/C18H21N5O3/c1-20-16-15(17(24)21(2)18(20)25)23(12-19-16)8-7-22-9-10-26-11-13-5-3-4-6-14(13)22/h3-6,12H,7-11H2,1-2H3. The molecule has 8 nitrogen and oxygen atoms in total. The summed E-state index contributed by atoms with van der Waals surface area (Å²) in [5.41, 5.74) is 2.51. The van der Waals surface area contributed by atoms with Gasteiger partial charge < -0.3 is 14.2 Å². The lowest BCUT2D eigenvalue weighted by Crippen LogP contribution is -2.38. The van der Waals surface area contributed by atoms with Crippen molar-refractivity contribution in [3.63, 3.8) is 0 Å². The maximum absolute atomic E-state index is 12.5. The van der Waals surface area contributed by atoms with E-state index < -0.39 is 0 Å². The summed E-state index contributed by atoms with van der Waals surface area (Å²) >= 11 is 0. The molecule has 3 heterocycles. The van der Waals surface area contributed by atoms with E-state index in [-0.39, 0.29) is 11.2 Å². The summed E-state index contributed by atoms with van der Waals surface area (Å²) in [6.45, 7) is 3.38. The molecule has 0 saturated carbocycles. The highest BCUT2D eigenvalue weighted by atomic mass is 16.5. The van der Waals surface area contributed by atoms with E-state index in [0.717, 1.165) is 23.3 Å². The highest BCUT2D eigenvalue weighted by Gasteiger charge is 2.17. The monoisotopic (exact) mass is 355 g/mol. The summed E-state index contributed by atoms with van der Waals surface area (Å²) in [5, 5.41) is 0. The molecule has 0 N–H and O–H groups in total. The first kappa shape index (κ1) is 16.6. The van der Waals surface area contributed by atoms with E-state index in [9.17, 15) is 9.59 Å². The van der Waals surface area contributed by atoms with Crippen LogP contribution in [0.2, 0.25) is 0 Å². The summed E-state index contributed by atoms with van der Waals surface area (Å²) < 4.78 is 10.0. The van der Waals surface area contributed by atoms with Crippen molar-refractivity contribution in [2.24, 2.45) is 14.1 Å². The quantitative estimate of drug-likeness (QED) is 0.683. The summed E-state index contributed by atoms with van der Waals surface area (Å²) in [6, 6.07) is 8.21. The van der Waals surface area contributed by atoms with Gasteiger partial charge in [0, 0.05) is 45.0 Å². The Morgan fingerprint density at radius 2 is 1.92 bits per heavy atom. The molecule has 0 radical (unpaired) electrons. The van der Waals surface area contributed by atoms with E-state index in [1.807, 2.05) is 16.7 Å². The molecule has 0 aliphatic carbocycles. The van der Waals surface area contributed by atoms with Gasteiger partial charge in [0.2, 0.25) is 0 Å². The molecule has 0 bridgehead atoms. The third-order valence-corrected chi connectivity index (χ3v) is 4.92. The number of aromatic nitrogens is 4. The van der Waals surface area contributed by atoms with Crippen molar-refractivity contribution >= 4 is 16.9 Å². The second-order valence-corrected chi connectivity index (χ2v) is 6.48. The second kappa shape index (κ2) is 6.45. The van der Waals surface area contributed by atoms with Gasteiger partial charge >= 0.3 is 5.69 Å². The highest BCUT2D eigenvalue weighted by Crippen LogP contribution is 2.23. The van der Waals surface area contributed by atoms with Crippen LogP contribution in [0.4, 0.5) is 5.69 Å². The molecule has 3 aromatic rings. The number of ether oxygens (including phenoxy) is 1. The third-order valence-electron chi connectivity index (χ3n) is 4.92. The number of rotatable bonds is 3. The Kier molecular flexibility index (Phi) is 4.12. The fourth-order valence-corrected chi connectivity index (χ4v) is 3.45. The molecule has 1 aliphatic rings. The zero-order valence-corrected chi connectivity index (χ0v) is 14.9. The predicted octanol–water partition coefficient (Wildman–Crippen LogP) is 0.470. The SMILES string of the molecule is Cn1c(=O)c2c(ncn2CCN2CCOCc3ccccc32)n(C)c1=O. The molecule has 0 atom stereocenters. The lowest BCUT2D eigenvalue weighted by Gasteiger charge is -2.24. The molecular formula is C18H21N5O3. The smallest absolute Gasteiger partial charge is 0.332 e. The first-order valence-corrected chi connectivity index (χ1v) is 8.59. The fourth-order valence-electron chi connectivity index (χ4n) is 3.45. The summed E-state index contributed by atoms with van der Waals surface area (Å²) in [5.74, 6) is 0. The number of benzene rings is 1. The van der Waals surface area contributed by atoms with Gasteiger partial charge in [0.1, 0.15) is 0 Å². The first-order chi connectivity index (χ1) is 12.6. The molecule has 0 spiro atoms. The van der Waals surface area contributed by atoms with Gasteiger partial charge in [-0.15, -0.1) is 0 Å². The van der Waals surface area contributed by atoms with Crippen LogP contribution in [0.1, 0.15) is 5.56 Å². The van der Waals surface area contributed by atoms with Crippen LogP contribution in [0.25, 0.3) is 11.2 Å². The average molecular weight is 355 g/mol. The van der Waals surface area contributed by atoms with E-state index in [1.165, 1.54) is 17.2 Å². The lowest BCUT2D eigenvalue weighted by molar-refractivity contribution is 0.132. The number of hydrogen-bond donors (Lipinski definition) is 0. The third kappa shape index (κ3) is 2.62. The highest BCUT2D eigenvalue weighted by molar-refractivity contribution is 5.70. The number of nitrogens with zero attached hydrogens (tertiary/aromatic N) is 5. The molecule has 2 aromatic heterocycles. The van der Waals surface area contributed by atoms with E-state index in [0.29, 0.717) is 30.9 Å². The van der Waals surface area contributed by atoms with Gasteiger partial charge in [0.05, 0.1) is 19.5 Å². The minimum absolute atomic E-state index is 0.319. The van der Waals surface area contributed by atoms with Crippen LogP contribution in [0.3, 0.4) is 0 Å². The minimum atomic E-state index is -0.369. The van der Waals surface area contributed by atoms with E-state index in [1.54, 1.807) is 13.4 Å². The molecule has 1 aliphatic heterocycles. The van der Waals surface area contributed by atoms with Gasteiger partial charge in [-0.25, -0.2) is 9.78 Å². The zero-order valence-electron chi connectivity index (χ0n) is 14.9. The molecular weight excluding hydrogens is 334 g/mol. The van der Waals surface area contributed by atoms with Gasteiger partial charge in [0.25, 0.3) is 5.56 Å². The van der Waals surface area contributed by atoms with Gasteiger partial charge in [-0.3, -0.25) is 13.9 Å². The average Bonchev–Trinajstić information content (AvgIpc) is 2.97. The van der Waals surface area contributed by atoms with Crippen molar-refractivity contribution in [2.75, 3.05) is 24.6 Å². The fraction of sp³-hybridized carbons (Fsp3) is 0.389. The van der Waals surface area contributed by atoms with Crippen LogP contribution in [-0.4, -0.2) is 38.4 Å². The van der Waals surface area contributed by atoms with Crippen LogP contribution in [-0.2, 0) is 32.0 Å². The van der Waals surface area contributed by atoms with Gasteiger partial charge in [-0.05, 0) is 6.07 Å². The van der Waals surface area contributed by atoms with Crippen molar-refractivity contribution in [1.82, 2.24) is 18.7 Å². The number of aryl methyl sites for hydroxylation is 1. The Labute approximate surface area is 149 Å². The van der Waals surface area contributed by atoms with Gasteiger partial charge in [-0.1, -0.05) is 18.2 Å². The summed E-state index contributed by atoms with van der Waals surface area (Å²) in [6.07, 6.45) is 1.63. The van der Waals surface area contributed by atoms with Crippen molar-refractivity contribution in [3.05, 3.63) is 57.0 Å². The molecule has 0 fully saturated rings. The minimum Gasteiger partial charge on any atom is -0.375 e. The molecule has 8 heteroatoms. The zero-order chi connectivity index (χ0) is 18.3. The Balaban J connectivity index is 1.67. The maximum Gasteiger partial charge on any atom is 0.332 e. The molecule has 0 unspecified atom stereocenters. The Morgan fingerprint density at radius 3 is 2.77 bits per heavy atom. The number of hydrogen-bond acceptors (Lipinski definition) is 5. The molecule has 4 rings (SSSR count). The summed E-state index contributed by atoms with van der Waals surface area (Å²) in [4.78, 5) is 31.1. The largest absolute Gasteiger partial charge is 0.375 e. The lowest BCUT2D eigenvalue weighted by atomic mass is 10.1. The first-order valence-electron chi connectivity index (χ1n) is 8.59. The van der Waals surface area contributed by atoms with Crippen LogP contribution in [0.15, 0.2) is 40.2 Å². The Hall–Kier alpha value is -2.87. The maximum atomic E-state index is 12.5. The Bertz CT molecular complexity index is 1080. The number of fused-ring (bicyclic) bond motifs is 2. The molecule has 136 valence electrons. The van der Waals surface area contributed by atoms with Crippen LogP contribution in [0.5, 0.6) is 0 Å². The molecule has 0 saturated heterocycles. The van der Waals surface area contributed by atoms with Gasteiger partial charge in [0.15, 0.2) is 11.2 Å². The van der Waals surface area contributed by atoms with E-state index in [4.69, 9.17) is 4.74 Å². The van der Waals surface area contributed by atoms with Crippen molar-refractivity contribution in [1.29, 1.82) is 0 Å².